The Morgan fingerprint density at radius 1 is 0.951 bits per heavy atom. The van der Waals surface area contributed by atoms with Gasteiger partial charge in [-0.3, -0.25) is 13.9 Å². The van der Waals surface area contributed by atoms with Crippen molar-refractivity contribution < 1.29 is 38.6 Å². The molecule has 2 aromatic rings. The van der Waals surface area contributed by atoms with Crippen LogP contribution in [-0.4, -0.2) is 70.3 Å². The van der Waals surface area contributed by atoms with Gasteiger partial charge in [0.1, 0.15) is 30.2 Å². The molecule has 4 atom stereocenters. The summed E-state index contributed by atoms with van der Waals surface area (Å²) in [5, 5.41) is 20.1. The number of imidazole rings is 1. The van der Waals surface area contributed by atoms with E-state index in [0.717, 1.165) is 6.42 Å². The molecule has 3 heterocycles. The number of phosphoric ester groups is 1. The molecule has 8 N–H and O–H groups in total. The van der Waals surface area contributed by atoms with Crippen LogP contribution in [0.5, 0.6) is 0 Å². The molecule has 0 saturated carbocycles. The molecular formula is C26H47N6O8P. The van der Waals surface area contributed by atoms with Crippen LogP contribution in [0.4, 0.5) is 5.82 Å². The zero-order valence-corrected chi connectivity index (χ0v) is 24.8. The molecular weight excluding hydrogens is 555 g/mol. The minimum Gasteiger partial charge on any atom is -0.387 e. The third kappa shape index (κ3) is 12.7. The number of carbonyl (C=O) groups excluding carboxylic acids is 1. The van der Waals surface area contributed by atoms with Gasteiger partial charge in [-0.1, -0.05) is 84.0 Å². The number of nitrogens with two attached hydrogens (primary N) is 2. The zero-order chi connectivity index (χ0) is 30.3. The van der Waals surface area contributed by atoms with Gasteiger partial charge in [0, 0.05) is 6.42 Å². The fraction of sp³-hybridized carbons (Fsp3) is 0.769. The Morgan fingerprint density at radius 3 is 2.05 bits per heavy atom. The summed E-state index contributed by atoms with van der Waals surface area (Å²) in [5.41, 5.74) is 11.3. The van der Waals surface area contributed by atoms with E-state index in [1.807, 2.05) is 0 Å². The first kappa shape index (κ1) is 35.0. The summed E-state index contributed by atoms with van der Waals surface area (Å²) in [5.74, 6) is -0.0127. The van der Waals surface area contributed by atoms with E-state index in [9.17, 15) is 19.6 Å². The fourth-order valence-electron chi connectivity index (χ4n) is 4.64. The van der Waals surface area contributed by atoms with Gasteiger partial charge in [-0.15, -0.1) is 0 Å². The number of phosphoric acid groups is 1. The highest BCUT2D eigenvalue weighted by Crippen LogP contribution is 2.38. The average molecular weight is 603 g/mol. The minimum absolute atomic E-state index is 0.142. The monoisotopic (exact) mass is 602 g/mol. The highest BCUT2D eigenvalue weighted by molar-refractivity contribution is 7.46. The van der Waals surface area contributed by atoms with E-state index in [-0.39, 0.29) is 17.4 Å². The second-order valence-electron chi connectivity index (χ2n) is 10.4. The molecule has 2 aromatic heterocycles. The van der Waals surface area contributed by atoms with Crippen molar-refractivity contribution in [2.75, 3.05) is 12.3 Å². The van der Waals surface area contributed by atoms with Crippen LogP contribution in [0, 0.1) is 0 Å². The van der Waals surface area contributed by atoms with Gasteiger partial charge in [-0.05, 0) is 6.42 Å². The van der Waals surface area contributed by atoms with Crippen LogP contribution in [0.2, 0.25) is 0 Å². The Labute approximate surface area is 241 Å². The summed E-state index contributed by atoms with van der Waals surface area (Å²) < 4.78 is 21.8. The quantitative estimate of drug-likeness (QED) is 0.107. The molecule has 1 aliphatic rings. The van der Waals surface area contributed by atoms with Crippen LogP contribution < -0.4 is 11.5 Å². The summed E-state index contributed by atoms with van der Waals surface area (Å²) in [4.78, 5) is 39.7. The number of nitrogen functional groups attached to an aromatic ring is 1. The first-order valence-corrected chi connectivity index (χ1v) is 16.0. The minimum atomic E-state index is -4.72. The van der Waals surface area contributed by atoms with Crippen LogP contribution in [0.15, 0.2) is 12.7 Å². The molecule has 0 spiro atoms. The van der Waals surface area contributed by atoms with Crippen molar-refractivity contribution in [3.05, 3.63) is 12.7 Å². The number of nitrogens with zero attached hydrogens (tertiary/aromatic N) is 4. The molecule has 0 unspecified atom stereocenters. The molecule has 1 amide bonds. The van der Waals surface area contributed by atoms with Crippen LogP contribution in [-0.2, 0) is 18.6 Å². The number of anilines is 1. The number of aliphatic hydroxyl groups excluding tert-OH is 2. The van der Waals surface area contributed by atoms with Crippen molar-refractivity contribution in [2.24, 2.45) is 5.73 Å². The van der Waals surface area contributed by atoms with Gasteiger partial charge in [0.2, 0.25) is 5.91 Å². The maximum Gasteiger partial charge on any atom is 0.469 e. The number of hydrogen-bond acceptors (Lipinski definition) is 10. The van der Waals surface area contributed by atoms with Gasteiger partial charge >= 0.3 is 7.82 Å². The van der Waals surface area contributed by atoms with E-state index in [1.165, 1.54) is 94.3 Å². The number of carbonyl (C=O) groups is 1. The first-order valence-electron chi connectivity index (χ1n) is 14.5. The number of primary amides is 1. The molecule has 1 fully saturated rings. The summed E-state index contributed by atoms with van der Waals surface area (Å²) >= 11 is 0. The van der Waals surface area contributed by atoms with Gasteiger partial charge in [0.25, 0.3) is 0 Å². The lowest BCUT2D eigenvalue weighted by atomic mass is 10.0. The number of aromatic nitrogens is 4. The van der Waals surface area contributed by atoms with Gasteiger partial charge in [0.15, 0.2) is 17.7 Å². The topological polar surface area (TPSA) is 229 Å². The van der Waals surface area contributed by atoms with Gasteiger partial charge in [0.05, 0.1) is 12.9 Å². The maximum absolute atomic E-state index is 10.7. The molecule has 0 radical (unpaired) electrons. The van der Waals surface area contributed by atoms with Crippen LogP contribution in [0.1, 0.15) is 103 Å². The molecule has 15 heteroatoms. The molecule has 0 aliphatic carbocycles. The molecule has 1 aliphatic heterocycles. The van der Waals surface area contributed by atoms with Crippen molar-refractivity contribution in [1.29, 1.82) is 0 Å². The molecule has 41 heavy (non-hydrogen) atoms. The number of ether oxygens (including phenoxy) is 1. The summed E-state index contributed by atoms with van der Waals surface area (Å²) in [6.45, 7) is 1.67. The smallest absolute Gasteiger partial charge is 0.387 e. The standard InChI is InChI=1S/C16H33NO.C10H14N5O7P/c1-2-3-4-5-6-7-8-9-10-11-12-13-14-15-16(17)18;11-8-5-9(13-2-12-8)15(3-14-5)10-7(17)6(16)4(22-10)1-21-23(18,19)20/h2-15H2,1H3,(H2,17,18);2-4,6-7,10,16-17H,1H2,(H2,11,12,13)(H2,18,19,20)/t;4-,6-,7-,10-/m.1/s1. The predicted molar refractivity (Wildman–Crippen MR) is 153 cm³/mol. The van der Waals surface area contributed by atoms with Crippen LogP contribution in [0.3, 0.4) is 0 Å². The third-order valence-electron chi connectivity index (χ3n) is 6.93. The highest BCUT2D eigenvalue weighted by Gasteiger charge is 2.45. The van der Waals surface area contributed by atoms with Crippen molar-refractivity contribution >= 4 is 30.7 Å². The molecule has 0 aromatic carbocycles. The van der Waals surface area contributed by atoms with Crippen molar-refractivity contribution in [3.63, 3.8) is 0 Å². The van der Waals surface area contributed by atoms with Gasteiger partial charge in [-0.2, -0.15) is 0 Å². The SMILES string of the molecule is CCCCCCCCCCCCCCCC(N)=O.Nc1ncnc2c1ncn2[C@@H]1O[C@H](COP(=O)(O)O)[C@@H](O)[C@H]1O. The molecule has 0 bridgehead atoms. The van der Waals surface area contributed by atoms with Gasteiger partial charge in [-0.25, -0.2) is 19.5 Å². The van der Waals surface area contributed by atoms with E-state index in [1.54, 1.807) is 0 Å². The predicted octanol–water partition coefficient (Wildman–Crippen LogP) is 3.09. The largest absolute Gasteiger partial charge is 0.469 e. The normalized spacial score (nSPS) is 20.7. The number of hydrogen-bond donors (Lipinski definition) is 6. The lowest BCUT2D eigenvalue weighted by Gasteiger charge is -2.16. The Balaban J connectivity index is 0.000000298. The van der Waals surface area contributed by atoms with E-state index in [4.69, 9.17) is 26.0 Å². The first-order chi connectivity index (χ1) is 19.5. The summed E-state index contributed by atoms with van der Waals surface area (Å²) in [6, 6.07) is 0. The van der Waals surface area contributed by atoms with E-state index in [0.29, 0.717) is 11.9 Å². The number of aliphatic hydroxyl groups is 2. The second-order valence-corrected chi connectivity index (χ2v) is 11.6. The number of unbranched alkanes of at least 4 members (excludes halogenated alkanes) is 12. The Morgan fingerprint density at radius 2 is 1.51 bits per heavy atom. The third-order valence-corrected chi connectivity index (χ3v) is 7.42. The highest BCUT2D eigenvalue weighted by atomic mass is 31.2. The molecule has 3 rings (SSSR count). The molecule has 234 valence electrons. The lowest BCUT2D eigenvalue weighted by Crippen LogP contribution is -2.33. The molecule has 14 nitrogen and oxygen atoms in total. The number of amides is 1. The van der Waals surface area contributed by atoms with E-state index in [2.05, 4.69) is 26.4 Å². The van der Waals surface area contributed by atoms with Crippen LogP contribution in [0.25, 0.3) is 11.2 Å². The Hall–Kier alpha value is -2.19. The maximum atomic E-state index is 10.7. The van der Waals surface area contributed by atoms with Crippen molar-refractivity contribution in [1.82, 2.24) is 19.5 Å². The number of fused-ring (bicyclic) bond motifs is 1. The zero-order valence-electron chi connectivity index (χ0n) is 23.9. The van der Waals surface area contributed by atoms with Crippen molar-refractivity contribution in [2.45, 2.75) is 121 Å². The van der Waals surface area contributed by atoms with Gasteiger partial charge < -0.3 is 36.2 Å². The Bertz CT molecular complexity index is 1080. The molecule has 1 saturated heterocycles. The second kappa shape index (κ2) is 18.4. The van der Waals surface area contributed by atoms with Crippen molar-refractivity contribution in [3.8, 4) is 0 Å². The summed E-state index contributed by atoms with van der Waals surface area (Å²) in [7, 11) is -4.72. The summed E-state index contributed by atoms with van der Waals surface area (Å²) in [6.07, 6.45) is 15.4. The Kier molecular flexibility index (Phi) is 15.7. The van der Waals surface area contributed by atoms with Crippen LogP contribution >= 0.6 is 7.82 Å². The lowest BCUT2D eigenvalue weighted by molar-refractivity contribution is -0.118. The number of rotatable bonds is 18. The van der Waals surface area contributed by atoms with E-state index < -0.39 is 39.0 Å². The van der Waals surface area contributed by atoms with E-state index >= 15 is 0 Å². The fourth-order valence-corrected chi connectivity index (χ4v) is 4.98. The average Bonchev–Trinajstić information content (AvgIpc) is 3.47.